The lowest BCUT2D eigenvalue weighted by atomic mass is 9.99. The van der Waals surface area contributed by atoms with Crippen LogP contribution >= 0.6 is 0 Å². The number of carbonyl (C=O) groups is 1. The van der Waals surface area contributed by atoms with Crippen molar-refractivity contribution in [2.24, 2.45) is 5.92 Å². The highest BCUT2D eigenvalue weighted by Crippen LogP contribution is 2.42. The minimum atomic E-state index is -3.84. The van der Waals surface area contributed by atoms with Gasteiger partial charge in [-0.2, -0.15) is 4.31 Å². The zero-order valence-electron chi connectivity index (χ0n) is 17.9. The smallest absolute Gasteiger partial charge is 0.330 e. The van der Waals surface area contributed by atoms with E-state index in [2.05, 4.69) is 4.74 Å². The Labute approximate surface area is 168 Å². The number of sulfonamides is 1. The highest BCUT2D eigenvalue weighted by atomic mass is 32.2. The van der Waals surface area contributed by atoms with Gasteiger partial charge in [0.25, 0.3) is 0 Å². The van der Waals surface area contributed by atoms with Gasteiger partial charge in [0, 0.05) is 6.08 Å². The molecule has 2 rings (SSSR count). The molecule has 0 aliphatic carbocycles. The topological polar surface area (TPSA) is 72.9 Å². The molecule has 0 unspecified atom stereocenters. The summed E-state index contributed by atoms with van der Waals surface area (Å²) in [5, 5.41) is 0. The van der Waals surface area contributed by atoms with Crippen LogP contribution in [-0.4, -0.2) is 43.7 Å². The first kappa shape index (κ1) is 22.6. The molecule has 1 saturated heterocycles. The molecule has 1 fully saturated rings. The number of methoxy groups -OCH3 is 1. The average molecular weight is 410 g/mol. The zero-order valence-corrected chi connectivity index (χ0v) is 18.8. The molecule has 1 aromatic carbocycles. The minimum absolute atomic E-state index is 0.0325. The van der Waals surface area contributed by atoms with Gasteiger partial charge in [0.2, 0.25) is 10.0 Å². The molecule has 0 spiro atoms. The van der Waals surface area contributed by atoms with E-state index < -0.39 is 33.9 Å². The molecule has 1 aliphatic rings. The van der Waals surface area contributed by atoms with E-state index in [1.54, 1.807) is 19.9 Å². The van der Waals surface area contributed by atoms with Crippen LogP contribution in [0.25, 0.3) is 0 Å². The van der Waals surface area contributed by atoms with Gasteiger partial charge in [0.1, 0.15) is 5.72 Å². The summed E-state index contributed by atoms with van der Waals surface area (Å²) < 4.78 is 39.8. The summed E-state index contributed by atoms with van der Waals surface area (Å²) in [5.74, 6) is -0.537. The zero-order chi connectivity index (χ0) is 21.4. The highest BCUT2D eigenvalue weighted by molar-refractivity contribution is 7.89. The third-order valence-corrected chi connectivity index (χ3v) is 7.35. The molecule has 28 heavy (non-hydrogen) atoms. The second kappa shape index (κ2) is 7.97. The van der Waals surface area contributed by atoms with Crippen LogP contribution in [0.1, 0.15) is 44.4 Å². The van der Waals surface area contributed by atoms with Gasteiger partial charge in [0.05, 0.1) is 24.2 Å². The molecule has 7 heteroatoms. The molecule has 1 aromatic rings. The molecule has 6 nitrogen and oxygen atoms in total. The summed E-state index contributed by atoms with van der Waals surface area (Å²) in [4.78, 5) is 11.8. The molecule has 156 valence electrons. The number of hydrogen-bond acceptors (Lipinski definition) is 5. The Bertz CT molecular complexity index is 863. The lowest BCUT2D eigenvalue weighted by molar-refractivity contribution is -0.134. The Morgan fingerprint density at radius 3 is 2.21 bits per heavy atom. The van der Waals surface area contributed by atoms with E-state index >= 15 is 0 Å². The molecular weight excluding hydrogens is 378 g/mol. The normalized spacial score (nSPS) is 22.9. The lowest BCUT2D eigenvalue weighted by Gasteiger charge is -2.35. The number of aryl methyl sites for hydroxylation is 3. The van der Waals surface area contributed by atoms with E-state index in [0.29, 0.717) is 16.0 Å². The molecular formula is C21H31NO5S. The van der Waals surface area contributed by atoms with E-state index in [1.165, 1.54) is 17.5 Å². The summed E-state index contributed by atoms with van der Waals surface area (Å²) >= 11 is 0. The third-order valence-electron chi connectivity index (χ3n) is 4.99. The number of rotatable bonds is 5. The van der Waals surface area contributed by atoms with Crippen molar-refractivity contribution in [3.05, 3.63) is 41.0 Å². The van der Waals surface area contributed by atoms with E-state index in [0.717, 1.165) is 5.56 Å². The number of carbonyl (C=O) groups excluding carboxylic acids is 1. The number of nitrogens with zero attached hydrogens (tertiary/aromatic N) is 1. The molecule has 0 amide bonds. The molecule has 0 aromatic heterocycles. The fourth-order valence-corrected chi connectivity index (χ4v) is 6.55. The first-order valence-electron chi connectivity index (χ1n) is 9.39. The standard InChI is InChI=1S/C21H31NO5S/c1-13(2)19-17(9-10-18(23)26-8)27-21(6,7)22(19)28(24,25)20-15(4)11-14(3)12-16(20)5/h9-13,17,19H,1-8H3/b10-9+/t17-,19-/m0/s1. The largest absolute Gasteiger partial charge is 0.466 e. The lowest BCUT2D eigenvalue weighted by Crippen LogP contribution is -2.50. The van der Waals surface area contributed by atoms with Crippen LogP contribution in [0, 0.1) is 26.7 Å². The Morgan fingerprint density at radius 1 is 1.21 bits per heavy atom. The van der Waals surface area contributed by atoms with Gasteiger partial charge in [-0.3, -0.25) is 0 Å². The highest BCUT2D eigenvalue weighted by Gasteiger charge is 2.54. The average Bonchev–Trinajstić information content (AvgIpc) is 2.82. The van der Waals surface area contributed by atoms with Crippen LogP contribution in [-0.2, 0) is 24.3 Å². The van der Waals surface area contributed by atoms with Crippen LogP contribution in [0.15, 0.2) is 29.2 Å². The number of esters is 1. The molecule has 0 N–H and O–H groups in total. The molecule has 0 bridgehead atoms. The van der Waals surface area contributed by atoms with E-state index in [9.17, 15) is 13.2 Å². The second-order valence-electron chi connectivity index (χ2n) is 8.17. The maximum absolute atomic E-state index is 13.8. The van der Waals surface area contributed by atoms with Crippen molar-refractivity contribution in [3.8, 4) is 0 Å². The van der Waals surface area contributed by atoms with Gasteiger partial charge in [-0.1, -0.05) is 31.5 Å². The molecule has 0 radical (unpaired) electrons. The summed E-state index contributed by atoms with van der Waals surface area (Å²) in [6, 6.07) is 3.30. The number of hydrogen-bond donors (Lipinski definition) is 0. The van der Waals surface area contributed by atoms with Crippen LogP contribution < -0.4 is 0 Å². The number of benzene rings is 1. The SMILES string of the molecule is COC(=O)/C=C/[C@@H]1OC(C)(C)N(S(=O)(=O)c2c(C)cc(C)cc2C)[C@H]1C(C)C. The van der Waals surface area contributed by atoms with Crippen molar-refractivity contribution in [1.29, 1.82) is 0 Å². The Morgan fingerprint density at radius 2 is 1.75 bits per heavy atom. The maximum atomic E-state index is 13.8. The predicted octanol–water partition coefficient (Wildman–Crippen LogP) is 3.49. The van der Waals surface area contributed by atoms with Gasteiger partial charge >= 0.3 is 5.97 Å². The predicted molar refractivity (Wildman–Crippen MR) is 108 cm³/mol. The van der Waals surface area contributed by atoms with E-state index in [4.69, 9.17) is 4.74 Å². The summed E-state index contributed by atoms with van der Waals surface area (Å²) in [6.45, 7) is 13.0. The van der Waals surface area contributed by atoms with Crippen LogP contribution in [0.4, 0.5) is 0 Å². The van der Waals surface area contributed by atoms with Crippen LogP contribution in [0.5, 0.6) is 0 Å². The molecule has 1 aliphatic heterocycles. The van der Waals surface area contributed by atoms with Crippen molar-refractivity contribution in [1.82, 2.24) is 4.31 Å². The third kappa shape index (κ3) is 4.16. The first-order valence-corrected chi connectivity index (χ1v) is 10.8. The van der Waals surface area contributed by atoms with Crippen molar-refractivity contribution in [2.45, 2.75) is 71.2 Å². The Balaban J connectivity index is 2.61. The summed E-state index contributed by atoms with van der Waals surface area (Å²) in [5.41, 5.74) is 1.38. The van der Waals surface area contributed by atoms with Crippen molar-refractivity contribution >= 4 is 16.0 Å². The maximum Gasteiger partial charge on any atom is 0.330 e. The summed E-state index contributed by atoms with van der Waals surface area (Å²) in [7, 11) is -2.54. The Hall–Kier alpha value is -1.70. The Kier molecular flexibility index (Phi) is 6.43. The fraction of sp³-hybridized carbons (Fsp3) is 0.571. The molecule has 1 heterocycles. The van der Waals surface area contributed by atoms with Gasteiger partial charge in [-0.25, -0.2) is 13.2 Å². The second-order valence-corrected chi connectivity index (χ2v) is 9.93. The molecule has 0 saturated carbocycles. The van der Waals surface area contributed by atoms with Crippen LogP contribution in [0.2, 0.25) is 0 Å². The fourth-order valence-electron chi connectivity index (χ4n) is 4.11. The quantitative estimate of drug-likeness (QED) is 0.550. The monoisotopic (exact) mass is 409 g/mol. The summed E-state index contributed by atoms with van der Waals surface area (Å²) in [6.07, 6.45) is 2.31. The van der Waals surface area contributed by atoms with Crippen molar-refractivity contribution in [3.63, 3.8) is 0 Å². The van der Waals surface area contributed by atoms with Crippen LogP contribution in [0.3, 0.4) is 0 Å². The van der Waals surface area contributed by atoms with Crippen molar-refractivity contribution in [2.75, 3.05) is 7.11 Å². The van der Waals surface area contributed by atoms with Gasteiger partial charge in [-0.15, -0.1) is 0 Å². The molecule has 2 atom stereocenters. The van der Waals surface area contributed by atoms with Gasteiger partial charge in [-0.05, 0) is 57.7 Å². The first-order chi connectivity index (χ1) is 12.8. The van der Waals surface area contributed by atoms with E-state index in [-0.39, 0.29) is 5.92 Å². The van der Waals surface area contributed by atoms with E-state index in [1.807, 2.05) is 46.8 Å². The van der Waals surface area contributed by atoms with Crippen molar-refractivity contribution < 1.29 is 22.7 Å². The minimum Gasteiger partial charge on any atom is -0.466 e. The van der Waals surface area contributed by atoms with Gasteiger partial charge < -0.3 is 9.47 Å². The van der Waals surface area contributed by atoms with Gasteiger partial charge in [0.15, 0.2) is 0 Å². The number of ether oxygens (including phenoxy) is 2.